The molecule has 0 aromatic heterocycles. The molecule has 0 aliphatic rings. The molecule has 0 radical (unpaired) electrons. The highest BCUT2D eigenvalue weighted by Gasteiger charge is 1.92. The first kappa shape index (κ1) is 18.8. The number of hydrogen-bond acceptors (Lipinski definition) is 4. The van der Waals surface area contributed by atoms with Crippen molar-refractivity contribution in [2.45, 2.75) is 46.0 Å². The van der Waals surface area contributed by atoms with Crippen molar-refractivity contribution in [3.63, 3.8) is 0 Å². The third-order valence-electron chi connectivity index (χ3n) is 2.61. The minimum atomic E-state index is 0.647. The fourth-order valence-corrected chi connectivity index (χ4v) is 1.40. The van der Waals surface area contributed by atoms with E-state index in [1.165, 1.54) is 12.8 Å². The molecule has 0 bridgehead atoms. The molecule has 0 aromatic carbocycles. The van der Waals surface area contributed by atoms with E-state index in [1.807, 2.05) is 0 Å². The van der Waals surface area contributed by atoms with E-state index in [-0.39, 0.29) is 0 Å². The fourth-order valence-electron chi connectivity index (χ4n) is 1.40. The second kappa shape index (κ2) is 17.8. The molecular weight excluding hydrogens is 244 g/mol. The van der Waals surface area contributed by atoms with E-state index in [0.717, 1.165) is 45.7 Å². The van der Waals surface area contributed by atoms with Crippen LogP contribution in [-0.2, 0) is 18.9 Å². The van der Waals surface area contributed by atoms with Gasteiger partial charge in [-0.3, -0.25) is 0 Å². The second-order valence-electron chi connectivity index (χ2n) is 4.51. The van der Waals surface area contributed by atoms with E-state index in [2.05, 4.69) is 13.8 Å². The van der Waals surface area contributed by atoms with Gasteiger partial charge in [0.15, 0.2) is 0 Å². The first-order valence-corrected chi connectivity index (χ1v) is 7.72. The molecule has 0 amide bonds. The topological polar surface area (TPSA) is 36.9 Å². The molecule has 19 heavy (non-hydrogen) atoms. The average molecular weight is 276 g/mol. The summed E-state index contributed by atoms with van der Waals surface area (Å²) in [6, 6.07) is 0. The first-order valence-electron chi connectivity index (χ1n) is 7.72. The van der Waals surface area contributed by atoms with Crippen molar-refractivity contribution < 1.29 is 18.9 Å². The molecule has 4 nitrogen and oxygen atoms in total. The molecule has 116 valence electrons. The number of rotatable bonds is 16. The van der Waals surface area contributed by atoms with Gasteiger partial charge in [0, 0.05) is 26.4 Å². The minimum Gasteiger partial charge on any atom is -0.381 e. The zero-order valence-electron chi connectivity index (χ0n) is 12.8. The maximum atomic E-state index is 5.44. The zero-order chi connectivity index (χ0) is 14.0. The van der Waals surface area contributed by atoms with E-state index in [1.54, 1.807) is 0 Å². The summed E-state index contributed by atoms with van der Waals surface area (Å²) in [7, 11) is 0. The largest absolute Gasteiger partial charge is 0.381 e. The summed E-state index contributed by atoms with van der Waals surface area (Å²) in [5.74, 6) is 0. The maximum absolute atomic E-state index is 5.44. The van der Waals surface area contributed by atoms with E-state index in [4.69, 9.17) is 18.9 Å². The number of unbranched alkanes of at least 4 members (excludes halogenated alkanes) is 2. The molecular formula is C15H32O4. The van der Waals surface area contributed by atoms with Crippen LogP contribution in [0.5, 0.6) is 0 Å². The molecule has 0 spiro atoms. The Bertz CT molecular complexity index is 137. The summed E-state index contributed by atoms with van der Waals surface area (Å²) in [5, 5.41) is 0. The monoisotopic (exact) mass is 276 g/mol. The molecule has 0 saturated heterocycles. The molecule has 0 aromatic rings. The summed E-state index contributed by atoms with van der Waals surface area (Å²) < 4.78 is 21.7. The van der Waals surface area contributed by atoms with Crippen LogP contribution in [0.3, 0.4) is 0 Å². The van der Waals surface area contributed by atoms with E-state index < -0.39 is 0 Å². The van der Waals surface area contributed by atoms with Crippen molar-refractivity contribution in [2.24, 2.45) is 0 Å². The molecule has 0 saturated carbocycles. The quantitative estimate of drug-likeness (QED) is 0.406. The molecule has 0 rings (SSSR count). The number of ether oxygens (including phenoxy) is 4. The second-order valence-corrected chi connectivity index (χ2v) is 4.51. The van der Waals surface area contributed by atoms with Crippen molar-refractivity contribution in [1.29, 1.82) is 0 Å². The highest BCUT2D eigenvalue weighted by molar-refractivity contribution is 4.38. The van der Waals surface area contributed by atoms with Crippen LogP contribution < -0.4 is 0 Å². The van der Waals surface area contributed by atoms with Gasteiger partial charge < -0.3 is 18.9 Å². The van der Waals surface area contributed by atoms with Crippen LogP contribution in [0.1, 0.15) is 46.0 Å². The molecule has 0 aliphatic heterocycles. The predicted molar refractivity (Wildman–Crippen MR) is 77.7 cm³/mol. The molecule has 0 fully saturated rings. The Labute approximate surface area is 118 Å². The van der Waals surface area contributed by atoms with Crippen LogP contribution >= 0.6 is 0 Å². The van der Waals surface area contributed by atoms with Gasteiger partial charge in [-0.2, -0.15) is 0 Å². The summed E-state index contributed by atoms with van der Waals surface area (Å²) in [6.07, 6.45) is 5.61. The molecule has 0 unspecified atom stereocenters. The third-order valence-corrected chi connectivity index (χ3v) is 2.61. The van der Waals surface area contributed by atoms with Crippen LogP contribution in [0, 0.1) is 0 Å². The lowest BCUT2D eigenvalue weighted by atomic mass is 10.4. The van der Waals surface area contributed by atoms with Crippen LogP contribution in [0.15, 0.2) is 0 Å². The van der Waals surface area contributed by atoms with E-state index in [0.29, 0.717) is 26.4 Å². The van der Waals surface area contributed by atoms with Gasteiger partial charge in [0.05, 0.1) is 26.4 Å². The lowest BCUT2D eigenvalue weighted by molar-refractivity contribution is 0.00936. The average Bonchev–Trinajstić information content (AvgIpc) is 2.43. The van der Waals surface area contributed by atoms with Gasteiger partial charge in [0.25, 0.3) is 0 Å². The molecule has 0 N–H and O–H groups in total. The Hall–Kier alpha value is -0.160. The van der Waals surface area contributed by atoms with Gasteiger partial charge in [0.1, 0.15) is 0 Å². The van der Waals surface area contributed by atoms with Crippen molar-refractivity contribution in [1.82, 2.24) is 0 Å². The Morgan fingerprint density at radius 1 is 0.421 bits per heavy atom. The highest BCUT2D eigenvalue weighted by Crippen LogP contribution is 1.91. The van der Waals surface area contributed by atoms with E-state index in [9.17, 15) is 0 Å². The predicted octanol–water partition coefficient (Wildman–Crippen LogP) is 3.04. The summed E-state index contributed by atoms with van der Waals surface area (Å²) in [6.45, 7) is 10.2. The lowest BCUT2D eigenvalue weighted by Crippen LogP contribution is -2.11. The summed E-state index contributed by atoms with van der Waals surface area (Å²) >= 11 is 0. The van der Waals surface area contributed by atoms with Crippen LogP contribution in [0.4, 0.5) is 0 Å². The lowest BCUT2D eigenvalue weighted by Gasteiger charge is -2.07. The molecule has 0 atom stereocenters. The summed E-state index contributed by atoms with van der Waals surface area (Å²) in [5.41, 5.74) is 0. The van der Waals surface area contributed by atoms with Crippen molar-refractivity contribution in [2.75, 3.05) is 52.9 Å². The smallest absolute Gasteiger partial charge is 0.0701 e. The van der Waals surface area contributed by atoms with Crippen molar-refractivity contribution in [3.8, 4) is 0 Å². The van der Waals surface area contributed by atoms with Gasteiger partial charge in [-0.25, -0.2) is 0 Å². The first-order chi connectivity index (χ1) is 9.41. The number of hydrogen-bond donors (Lipinski definition) is 0. The Balaban J connectivity index is 2.88. The molecule has 0 aliphatic carbocycles. The zero-order valence-corrected chi connectivity index (χ0v) is 12.8. The minimum absolute atomic E-state index is 0.647. The Kier molecular flexibility index (Phi) is 17.7. The van der Waals surface area contributed by atoms with Gasteiger partial charge in [-0.1, -0.05) is 26.7 Å². The van der Waals surface area contributed by atoms with E-state index >= 15 is 0 Å². The fraction of sp³-hybridized carbons (Fsp3) is 1.00. The Morgan fingerprint density at radius 2 is 0.737 bits per heavy atom. The van der Waals surface area contributed by atoms with Crippen LogP contribution in [-0.4, -0.2) is 52.9 Å². The summed E-state index contributed by atoms with van der Waals surface area (Å²) in [4.78, 5) is 0. The van der Waals surface area contributed by atoms with Crippen molar-refractivity contribution in [3.05, 3.63) is 0 Å². The van der Waals surface area contributed by atoms with Gasteiger partial charge in [-0.15, -0.1) is 0 Å². The normalized spacial score (nSPS) is 11.1. The maximum Gasteiger partial charge on any atom is 0.0701 e. The van der Waals surface area contributed by atoms with Crippen molar-refractivity contribution >= 4 is 0 Å². The highest BCUT2D eigenvalue weighted by atomic mass is 16.5. The van der Waals surface area contributed by atoms with Gasteiger partial charge >= 0.3 is 0 Å². The molecule has 4 heteroatoms. The van der Waals surface area contributed by atoms with Crippen LogP contribution in [0.25, 0.3) is 0 Å². The third kappa shape index (κ3) is 17.8. The van der Waals surface area contributed by atoms with Gasteiger partial charge in [-0.05, 0) is 19.3 Å². The van der Waals surface area contributed by atoms with Gasteiger partial charge in [0.2, 0.25) is 0 Å². The standard InChI is InChI=1S/C15H32O4/c1-3-5-8-16-10-7-11-18-13-15-19-14-12-17-9-6-4-2/h3-15H2,1-2H3. The molecule has 0 heterocycles. The van der Waals surface area contributed by atoms with Crippen LogP contribution in [0.2, 0.25) is 0 Å². The Morgan fingerprint density at radius 3 is 1.16 bits per heavy atom. The SMILES string of the molecule is CCCCOCCCOCCOCCOCCCC.